The minimum atomic E-state index is 0.412. The fourth-order valence-electron chi connectivity index (χ4n) is 2.09. The molecule has 1 aliphatic heterocycles. The second-order valence-corrected chi connectivity index (χ2v) is 3.79. The van der Waals surface area contributed by atoms with E-state index in [0.29, 0.717) is 5.82 Å². The summed E-state index contributed by atoms with van der Waals surface area (Å²) in [5.41, 5.74) is 8.38. The van der Waals surface area contributed by atoms with Gasteiger partial charge in [0.15, 0.2) is 0 Å². The van der Waals surface area contributed by atoms with E-state index in [2.05, 4.69) is 21.9 Å². The van der Waals surface area contributed by atoms with Crippen LogP contribution < -0.4 is 10.9 Å². The zero-order valence-corrected chi connectivity index (χ0v) is 8.70. The summed E-state index contributed by atoms with van der Waals surface area (Å²) in [5.74, 6) is 1.19. The van der Waals surface area contributed by atoms with E-state index in [-0.39, 0.29) is 0 Å². The van der Waals surface area contributed by atoms with Crippen LogP contribution in [0.15, 0.2) is 18.3 Å². The van der Waals surface area contributed by atoms with Crippen molar-refractivity contribution in [2.24, 2.45) is 0 Å². The maximum atomic E-state index is 9.04. The summed E-state index contributed by atoms with van der Waals surface area (Å²) >= 11 is 0. The predicted octanol–water partition coefficient (Wildman–Crippen LogP) is 1.07. The minimum Gasteiger partial charge on any atom is -0.305 e. The van der Waals surface area contributed by atoms with Crippen LogP contribution in [0.4, 0.5) is 5.82 Å². The number of nitrogens with one attached hydrogen (secondary N) is 2. The fraction of sp³-hybridized carbons (Fsp3) is 0.273. The molecule has 0 saturated heterocycles. The Hall–Kier alpha value is -2.06. The molecule has 5 heteroatoms. The third-order valence-electron chi connectivity index (χ3n) is 2.83. The number of hydrazine groups is 1. The first-order valence-electron chi connectivity index (χ1n) is 5.29. The van der Waals surface area contributed by atoms with Crippen LogP contribution >= 0.6 is 0 Å². The lowest BCUT2D eigenvalue weighted by atomic mass is 10.1. The highest BCUT2D eigenvalue weighted by atomic mass is 15.4. The number of rotatable bonds is 0. The first-order valence-corrected chi connectivity index (χ1v) is 5.29. The average Bonchev–Trinajstić information content (AvgIpc) is 2.67. The van der Waals surface area contributed by atoms with Crippen molar-refractivity contribution in [3.05, 3.63) is 29.7 Å². The molecule has 5 nitrogen and oxygen atoms in total. The van der Waals surface area contributed by atoms with Crippen LogP contribution in [-0.2, 0) is 6.42 Å². The Kier molecular flexibility index (Phi) is 2.01. The first-order chi connectivity index (χ1) is 7.90. The first kappa shape index (κ1) is 9.19. The molecule has 1 aliphatic rings. The van der Waals surface area contributed by atoms with Gasteiger partial charge in [0, 0.05) is 18.3 Å². The Morgan fingerprint density at radius 2 is 2.44 bits per heavy atom. The maximum absolute atomic E-state index is 9.04. The van der Waals surface area contributed by atoms with Gasteiger partial charge in [0.25, 0.3) is 0 Å². The lowest BCUT2D eigenvalue weighted by Crippen LogP contribution is -2.22. The number of aromatic nitrogens is 2. The molecule has 0 aliphatic carbocycles. The molecule has 0 fully saturated rings. The van der Waals surface area contributed by atoms with Crippen LogP contribution in [0.2, 0.25) is 0 Å². The highest BCUT2D eigenvalue weighted by Crippen LogP contribution is 2.23. The number of hydrogen-bond acceptors (Lipinski definition) is 4. The van der Waals surface area contributed by atoms with Gasteiger partial charge in [-0.1, -0.05) is 0 Å². The van der Waals surface area contributed by atoms with Crippen LogP contribution in [0.5, 0.6) is 0 Å². The maximum Gasteiger partial charge on any atom is 0.219 e. The van der Waals surface area contributed by atoms with Crippen LogP contribution in [0.3, 0.4) is 0 Å². The Morgan fingerprint density at radius 1 is 1.50 bits per heavy atom. The van der Waals surface area contributed by atoms with Crippen molar-refractivity contribution in [1.29, 1.82) is 5.26 Å². The van der Waals surface area contributed by atoms with Crippen LogP contribution in [0.1, 0.15) is 17.8 Å². The third kappa shape index (κ3) is 1.24. The molecule has 16 heavy (non-hydrogen) atoms. The summed E-state index contributed by atoms with van der Waals surface area (Å²) in [6.07, 6.45) is 3.91. The van der Waals surface area contributed by atoms with Gasteiger partial charge in [-0.05, 0) is 25.0 Å². The molecular weight excluding hydrogens is 202 g/mol. The van der Waals surface area contributed by atoms with Crippen molar-refractivity contribution in [3.63, 3.8) is 0 Å². The minimum absolute atomic E-state index is 0.412. The molecule has 0 radical (unpaired) electrons. The Balaban J connectivity index is 2.33. The van der Waals surface area contributed by atoms with E-state index in [0.717, 1.165) is 30.7 Å². The number of nitrogens with zero attached hydrogens (tertiary/aromatic N) is 3. The molecule has 0 atom stereocenters. The number of anilines is 1. The second kappa shape index (κ2) is 3.51. The molecule has 0 spiro atoms. The lowest BCUT2D eigenvalue weighted by Gasteiger charge is -2.09. The number of nitriles is 1. The summed E-state index contributed by atoms with van der Waals surface area (Å²) in [4.78, 5) is 4.32. The molecule has 0 unspecified atom stereocenters. The van der Waals surface area contributed by atoms with E-state index in [9.17, 15) is 0 Å². The smallest absolute Gasteiger partial charge is 0.219 e. The second-order valence-electron chi connectivity index (χ2n) is 3.79. The SMILES string of the molecule is N#Cc1nc2c(c3cccn13)CCCNN2. The molecule has 0 aromatic carbocycles. The van der Waals surface area contributed by atoms with Gasteiger partial charge in [-0.3, -0.25) is 4.40 Å². The van der Waals surface area contributed by atoms with Gasteiger partial charge in [0.1, 0.15) is 11.9 Å². The average molecular weight is 213 g/mol. The van der Waals surface area contributed by atoms with Gasteiger partial charge in [-0.25, -0.2) is 10.4 Å². The molecule has 80 valence electrons. The summed E-state index contributed by atoms with van der Waals surface area (Å²) < 4.78 is 1.84. The molecule has 3 rings (SSSR count). The Bertz CT molecular complexity index is 578. The van der Waals surface area contributed by atoms with Crippen LogP contribution in [0, 0.1) is 11.3 Å². The molecule has 0 amide bonds. The van der Waals surface area contributed by atoms with Crippen molar-refractivity contribution >= 4 is 11.3 Å². The van der Waals surface area contributed by atoms with E-state index >= 15 is 0 Å². The third-order valence-corrected chi connectivity index (χ3v) is 2.83. The van der Waals surface area contributed by atoms with Gasteiger partial charge in [-0.2, -0.15) is 5.26 Å². The standard InChI is InChI=1S/C11H11N5/c12-7-10-14-11-8(3-1-5-13-15-11)9-4-2-6-16(9)10/h2,4,6,13,15H,1,3,5H2. The van der Waals surface area contributed by atoms with Crippen molar-refractivity contribution in [3.8, 4) is 6.07 Å². The van der Waals surface area contributed by atoms with Gasteiger partial charge in [0.2, 0.25) is 5.82 Å². The van der Waals surface area contributed by atoms with Crippen molar-refractivity contribution < 1.29 is 0 Å². The fourth-order valence-corrected chi connectivity index (χ4v) is 2.09. The highest BCUT2D eigenvalue weighted by molar-refractivity contribution is 5.66. The van der Waals surface area contributed by atoms with Gasteiger partial charge in [-0.15, -0.1) is 0 Å². The summed E-state index contributed by atoms with van der Waals surface area (Å²) in [6.45, 7) is 0.908. The van der Waals surface area contributed by atoms with Crippen molar-refractivity contribution in [2.75, 3.05) is 12.0 Å². The van der Waals surface area contributed by atoms with Gasteiger partial charge >= 0.3 is 0 Å². The number of aryl methyl sites for hydroxylation is 1. The van der Waals surface area contributed by atoms with E-state index in [1.165, 1.54) is 5.56 Å². The zero-order chi connectivity index (χ0) is 11.0. The summed E-state index contributed by atoms with van der Waals surface area (Å²) in [6, 6.07) is 6.07. The molecule has 2 aromatic rings. The van der Waals surface area contributed by atoms with E-state index < -0.39 is 0 Å². The highest BCUT2D eigenvalue weighted by Gasteiger charge is 2.15. The largest absolute Gasteiger partial charge is 0.305 e. The lowest BCUT2D eigenvalue weighted by molar-refractivity contribution is 0.741. The topological polar surface area (TPSA) is 65.2 Å². The zero-order valence-electron chi connectivity index (χ0n) is 8.70. The summed E-state index contributed by atoms with van der Waals surface area (Å²) in [7, 11) is 0. The monoisotopic (exact) mass is 213 g/mol. The van der Waals surface area contributed by atoms with Gasteiger partial charge in [0.05, 0.1) is 5.52 Å². The Labute approximate surface area is 92.7 Å². The Morgan fingerprint density at radius 3 is 3.31 bits per heavy atom. The van der Waals surface area contributed by atoms with E-state index in [1.807, 2.05) is 22.7 Å². The van der Waals surface area contributed by atoms with Crippen LogP contribution in [0.25, 0.3) is 5.52 Å². The van der Waals surface area contributed by atoms with Crippen molar-refractivity contribution in [1.82, 2.24) is 14.8 Å². The molecular formula is C11H11N5. The molecule has 2 aromatic heterocycles. The predicted molar refractivity (Wildman–Crippen MR) is 59.9 cm³/mol. The molecule has 3 heterocycles. The van der Waals surface area contributed by atoms with Gasteiger partial charge < -0.3 is 5.43 Å². The summed E-state index contributed by atoms with van der Waals surface area (Å²) in [5, 5.41) is 9.04. The molecule has 2 N–H and O–H groups in total. The van der Waals surface area contributed by atoms with Crippen molar-refractivity contribution in [2.45, 2.75) is 12.8 Å². The van der Waals surface area contributed by atoms with E-state index in [4.69, 9.17) is 5.26 Å². The number of hydrogen-bond donors (Lipinski definition) is 2. The van der Waals surface area contributed by atoms with E-state index in [1.54, 1.807) is 0 Å². The van der Waals surface area contributed by atoms with Crippen LogP contribution in [-0.4, -0.2) is 15.9 Å². The quantitative estimate of drug-likeness (QED) is 0.687. The normalized spacial score (nSPS) is 14.9. The molecule has 0 bridgehead atoms. The molecule has 0 saturated carbocycles. The number of fused-ring (bicyclic) bond motifs is 3.